The molecule has 174 valence electrons. The predicted octanol–water partition coefficient (Wildman–Crippen LogP) is -8.99. The fourth-order valence-corrected chi connectivity index (χ4v) is 2.40. The minimum atomic E-state index is -2.33. The second-order valence-corrected chi connectivity index (χ2v) is 7.39. The van der Waals surface area contributed by atoms with Gasteiger partial charge in [0.05, 0.1) is 22.7 Å². The van der Waals surface area contributed by atoms with Crippen LogP contribution in [0.15, 0.2) is 0 Å². The SMILES string of the molecule is CC1(C)NC(=O)NC1=O.CCC1(C)C(=O)NC(=O)N1Br.O=C([O-])[O-].O=C1CNC(=O)N1.[Na+].[Na+]. The van der Waals surface area contributed by atoms with Crippen molar-refractivity contribution < 1.29 is 103 Å². The van der Waals surface area contributed by atoms with E-state index in [0.717, 1.165) is 0 Å². The van der Waals surface area contributed by atoms with Crippen LogP contribution in [-0.4, -0.2) is 63.5 Å². The zero-order valence-corrected chi connectivity index (χ0v) is 24.5. The Morgan fingerprint density at radius 3 is 1.55 bits per heavy atom. The van der Waals surface area contributed by atoms with Gasteiger partial charge in [0.15, 0.2) is 0 Å². The van der Waals surface area contributed by atoms with E-state index in [-0.39, 0.29) is 89.4 Å². The molecule has 0 aromatic rings. The summed E-state index contributed by atoms with van der Waals surface area (Å²) in [6, 6.07) is -1.20. The molecule has 3 aliphatic rings. The molecule has 0 aromatic carbocycles. The zero-order chi connectivity index (χ0) is 24.6. The number of nitrogens with zero attached hydrogens (tertiary/aromatic N) is 1. The van der Waals surface area contributed by atoms with Gasteiger partial charge in [0.1, 0.15) is 11.1 Å². The number of carbonyl (C=O) groups excluding carboxylic acids is 7. The fourth-order valence-electron chi connectivity index (χ4n) is 1.90. The molecular weight excluding hydrogens is 534 g/mol. The summed E-state index contributed by atoms with van der Waals surface area (Å²) in [6.07, 6.45) is -1.74. The minimum absolute atomic E-state index is 0. The molecule has 0 aromatic heterocycles. The summed E-state index contributed by atoms with van der Waals surface area (Å²) in [7, 11) is 0. The molecule has 0 saturated carbocycles. The number of carboxylic acid groups (broad SMARTS) is 2. The number of hydrogen-bond acceptors (Lipinski definition) is 9. The van der Waals surface area contributed by atoms with Crippen LogP contribution in [0.4, 0.5) is 19.2 Å². The van der Waals surface area contributed by atoms with Crippen molar-refractivity contribution in [2.75, 3.05) is 6.54 Å². The third kappa shape index (κ3) is 12.0. The van der Waals surface area contributed by atoms with Crippen LogP contribution in [0.1, 0.15) is 34.1 Å². The van der Waals surface area contributed by atoms with E-state index < -0.39 is 29.3 Å². The number of urea groups is 3. The second-order valence-electron chi connectivity index (χ2n) is 6.68. The van der Waals surface area contributed by atoms with E-state index in [1.807, 2.05) is 12.2 Å². The van der Waals surface area contributed by atoms with E-state index in [9.17, 15) is 28.8 Å². The van der Waals surface area contributed by atoms with Crippen LogP contribution in [0.3, 0.4) is 0 Å². The number of rotatable bonds is 1. The number of imide groups is 3. The van der Waals surface area contributed by atoms with Gasteiger partial charge in [0.2, 0.25) is 5.91 Å². The summed E-state index contributed by atoms with van der Waals surface area (Å²) in [5.41, 5.74) is -1.45. The molecule has 15 nitrogen and oxygen atoms in total. The maximum atomic E-state index is 11.1. The van der Waals surface area contributed by atoms with Gasteiger partial charge in [-0.25, -0.2) is 18.3 Å². The third-order valence-corrected chi connectivity index (χ3v) is 5.00. The first kappa shape index (κ1) is 36.1. The zero-order valence-electron chi connectivity index (χ0n) is 18.9. The van der Waals surface area contributed by atoms with Crippen molar-refractivity contribution in [3.05, 3.63) is 0 Å². The van der Waals surface area contributed by atoms with Crippen molar-refractivity contribution in [2.45, 2.75) is 45.2 Å². The van der Waals surface area contributed by atoms with Gasteiger partial charge in [-0.1, -0.05) is 6.92 Å². The average Bonchev–Trinajstić information content (AvgIpc) is 3.19. The van der Waals surface area contributed by atoms with E-state index in [1.165, 1.54) is 3.93 Å². The number of carbonyl (C=O) groups is 7. The van der Waals surface area contributed by atoms with Crippen molar-refractivity contribution in [2.24, 2.45) is 0 Å². The number of nitrogens with one attached hydrogen (secondary N) is 5. The molecule has 5 N–H and O–H groups in total. The summed E-state index contributed by atoms with van der Waals surface area (Å²) >= 11 is 3.03. The summed E-state index contributed by atoms with van der Waals surface area (Å²) in [4.78, 5) is 71.6. The van der Waals surface area contributed by atoms with Crippen LogP contribution in [0.25, 0.3) is 0 Å². The van der Waals surface area contributed by atoms with Gasteiger partial charge < -0.3 is 25.6 Å². The van der Waals surface area contributed by atoms with Gasteiger partial charge in [-0.05, 0) is 33.3 Å². The first-order valence-electron chi connectivity index (χ1n) is 8.47. The smallest absolute Gasteiger partial charge is 0.652 e. The van der Waals surface area contributed by atoms with E-state index >= 15 is 0 Å². The molecule has 1 unspecified atom stereocenters. The molecule has 3 aliphatic heterocycles. The molecular formula is C15H21BrN6Na2O9. The Morgan fingerprint density at radius 1 is 0.939 bits per heavy atom. The quantitative estimate of drug-likeness (QED) is 0.117. The summed E-state index contributed by atoms with van der Waals surface area (Å²) < 4.78 is 1.25. The monoisotopic (exact) mass is 554 g/mol. The molecule has 3 saturated heterocycles. The van der Waals surface area contributed by atoms with Crippen LogP contribution >= 0.6 is 16.1 Å². The summed E-state index contributed by atoms with van der Waals surface area (Å²) in [5.74, 6) is -0.778. The van der Waals surface area contributed by atoms with Gasteiger partial charge >= 0.3 is 77.2 Å². The number of amides is 9. The van der Waals surface area contributed by atoms with Crippen molar-refractivity contribution >= 4 is 58.1 Å². The Hall–Kier alpha value is -1.43. The standard InChI is InChI=1S/C6H9BrN2O2.C5H8N2O2.C3H4N2O2.CH2O3.2Na/c1-3-6(2)4(10)8-5(11)9(6)7;1-5(2)3(8)6-4(9)7-5;6-2-1-4-3(7)5-2;2-1(3)4;;/h3H2,1-2H3,(H,8,10,11);1-2H3,(H2,6,7,8,9);1H2,(H2,4,5,6,7);(H2,2,3,4);;/q;;;;2*+1/p-2. The Balaban J connectivity index is -0.000000374. The largest absolute Gasteiger partial charge is 1.00 e. The van der Waals surface area contributed by atoms with Crippen molar-refractivity contribution in [3.63, 3.8) is 0 Å². The van der Waals surface area contributed by atoms with Crippen LogP contribution in [-0.2, 0) is 14.4 Å². The topological polar surface area (TPSA) is 229 Å². The molecule has 1 atom stereocenters. The van der Waals surface area contributed by atoms with Gasteiger partial charge in [-0.15, -0.1) is 0 Å². The fraction of sp³-hybridized carbons (Fsp3) is 0.533. The van der Waals surface area contributed by atoms with Crippen LogP contribution in [0, 0.1) is 0 Å². The molecule has 0 aliphatic carbocycles. The predicted molar refractivity (Wildman–Crippen MR) is 101 cm³/mol. The van der Waals surface area contributed by atoms with Crippen LogP contribution < -0.4 is 95.9 Å². The number of halogens is 1. The maximum Gasteiger partial charge on any atom is 1.00 e. The molecule has 9 amide bonds. The van der Waals surface area contributed by atoms with Crippen molar-refractivity contribution in [1.29, 1.82) is 0 Å². The molecule has 33 heavy (non-hydrogen) atoms. The average molecular weight is 555 g/mol. The van der Waals surface area contributed by atoms with Gasteiger partial charge in [-0.2, -0.15) is 0 Å². The molecule has 0 radical (unpaired) electrons. The Kier molecular flexibility index (Phi) is 16.9. The minimum Gasteiger partial charge on any atom is -0.652 e. The summed E-state index contributed by atoms with van der Waals surface area (Å²) in [5, 5.41) is 27.7. The second kappa shape index (κ2) is 15.5. The van der Waals surface area contributed by atoms with Gasteiger partial charge in [-0.3, -0.25) is 30.3 Å². The normalized spacial score (nSPS) is 21.4. The Labute approximate surface area is 241 Å². The first-order chi connectivity index (χ1) is 14.1. The van der Waals surface area contributed by atoms with Crippen molar-refractivity contribution in [1.82, 2.24) is 30.5 Å². The van der Waals surface area contributed by atoms with Gasteiger partial charge in [0, 0.05) is 0 Å². The molecule has 3 rings (SSSR count). The van der Waals surface area contributed by atoms with E-state index in [2.05, 4.69) is 37.4 Å². The Bertz CT molecular complexity index is 780. The summed E-state index contributed by atoms with van der Waals surface area (Å²) in [6.45, 7) is 6.98. The molecule has 3 fully saturated rings. The molecule has 0 spiro atoms. The van der Waals surface area contributed by atoms with E-state index in [1.54, 1.807) is 20.8 Å². The molecule has 3 heterocycles. The third-order valence-electron chi connectivity index (χ3n) is 3.89. The Morgan fingerprint density at radius 2 is 1.42 bits per heavy atom. The molecule has 0 bridgehead atoms. The molecule has 18 heteroatoms. The van der Waals surface area contributed by atoms with E-state index in [0.29, 0.717) is 6.42 Å². The van der Waals surface area contributed by atoms with Crippen LogP contribution in [0.2, 0.25) is 0 Å². The first-order valence-corrected chi connectivity index (χ1v) is 9.18. The maximum absolute atomic E-state index is 11.1. The number of hydrogen-bond donors (Lipinski definition) is 5. The van der Waals surface area contributed by atoms with Crippen molar-refractivity contribution in [3.8, 4) is 0 Å². The van der Waals surface area contributed by atoms with Crippen LogP contribution in [0.5, 0.6) is 0 Å². The van der Waals surface area contributed by atoms with E-state index in [4.69, 9.17) is 15.0 Å². The van der Waals surface area contributed by atoms with Gasteiger partial charge in [0.25, 0.3) is 11.8 Å².